The van der Waals surface area contributed by atoms with Gasteiger partial charge in [0.25, 0.3) is 0 Å². The minimum absolute atomic E-state index is 0.355. The molecule has 0 bridgehead atoms. The number of benzene rings is 1. The van der Waals surface area contributed by atoms with Gasteiger partial charge in [0.05, 0.1) is 0 Å². The molecule has 3 unspecified atom stereocenters. The van der Waals surface area contributed by atoms with Crippen LogP contribution >= 0.6 is 0 Å². The second-order valence-corrected chi connectivity index (χ2v) is 6.10. The van der Waals surface area contributed by atoms with Crippen molar-refractivity contribution in [1.29, 1.82) is 0 Å². The lowest BCUT2D eigenvalue weighted by atomic mass is 9.95. The third-order valence-corrected chi connectivity index (χ3v) is 4.88. The first kappa shape index (κ1) is 15.5. The van der Waals surface area contributed by atoms with E-state index >= 15 is 0 Å². The Morgan fingerprint density at radius 2 is 1.85 bits per heavy atom. The van der Waals surface area contributed by atoms with Crippen molar-refractivity contribution in [2.24, 2.45) is 11.8 Å². The van der Waals surface area contributed by atoms with Crippen molar-refractivity contribution in [3.8, 4) is 0 Å². The summed E-state index contributed by atoms with van der Waals surface area (Å²) in [6, 6.07) is 9.45. The molecule has 1 aliphatic carbocycles. The van der Waals surface area contributed by atoms with Crippen molar-refractivity contribution < 1.29 is 5.11 Å². The standard InChI is InChI=1S/C18H29NO/c1-3-14-8-10-15(11-9-14)18(4-2)19-12-16-6-5-7-17(16)13-20/h8-11,16-20H,3-7,12-13H2,1-2H3. The molecule has 2 nitrogen and oxygen atoms in total. The van der Waals surface area contributed by atoms with Crippen LogP contribution in [0.3, 0.4) is 0 Å². The van der Waals surface area contributed by atoms with Gasteiger partial charge in [0.15, 0.2) is 0 Å². The Bertz CT molecular complexity index is 387. The van der Waals surface area contributed by atoms with E-state index in [1.807, 2.05) is 0 Å². The van der Waals surface area contributed by atoms with E-state index < -0.39 is 0 Å². The lowest BCUT2D eigenvalue weighted by Crippen LogP contribution is -2.29. The van der Waals surface area contributed by atoms with Crippen LogP contribution in [-0.2, 0) is 6.42 Å². The van der Waals surface area contributed by atoms with Crippen LogP contribution < -0.4 is 5.32 Å². The third-order valence-electron chi connectivity index (χ3n) is 4.88. The largest absolute Gasteiger partial charge is 0.396 e. The smallest absolute Gasteiger partial charge is 0.0462 e. The van der Waals surface area contributed by atoms with Gasteiger partial charge in [-0.25, -0.2) is 0 Å². The van der Waals surface area contributed by atoms with E-state index in [-0.39, 0.29) is 0 Å². The summed E-state index contributed by atoms with van der Waals surface area (Å²) in [5, 5.41) is 13.1. The maximum absolute atomic E-state index is 9.41. The first-order chi connectivity index (χ1) is 9.78. The molecule has 1 aromatic carbocycles. The summed E-state index contributed by atoms with van der Waals surface area (Å²) in [6.45, 7) is 5.83. The van der Waals surface area contributed by atoms with Gasteiger partial charge in [0.1, 0.15) is 0 Å². The Kier molecular flexibility index (Phi) is 6.06. The SMILES string of the molecule is CCc1ccc(C(CC)NCC2CCCC2CO)cc1. The molecule has 0 aromatic heterocycles. The molecule has 0 saturated heterocycles. The zero-order valence-corrected chi connectivity index (χ0v) is 12.9. The molecule has 0 heterocycles. The third kappa shape index (κ3) is 3.83. The van der Waals surface area contributed by atoms with E-state index in [0.717, 1.165) is 19.4 Å². The zero-order valence-electron chi connectivity index (χ0n) is 12.9. The highest BCUT2D eigenvalue weighted by Crippen LogP contribution is 2.31. The first-order valence-corrected chi connectivity index (χ1v) is 8.21. The van der Waals surface area contributed by atoms with E-state index in [4.69, 9.17) is 0 Å². The summed E-state index contributed by atoms with van der Waals surface area (Å²) in [5.41, 5.74) is 2.79. The van der Waals surface area contributed by atoms with E-state index in [1.54, 1.807) is 0 Å². The Hall–Kier alpha value is -0.860. The van der Waals surface area contributed by atoms with Crippen molar-refractivity contribution in [3.63, 3.8) is 0 Å². The molecule has 2 N–H and O–H groups in total. The number of aryl methyl sites for hydroxylation is 1. The highest BCUT2D eigenvalue weighted by Gasteiger charge is 2.26. The van der Waals surface area contributed by atoms with Crippen LogP contribution in [0.4, 0.5) is 0 Å². The first-order valence-electron chi connectivity index (χ1n) is 8.21. The van der Waals surface area contributed by atoms with Crippen LogP contribution in [-0.4, -0.2) is 18.3 Å². The van der Waals surface area contributed by atoms with E-state index in [2.05, 4.69) is 43.4 Å². The molecule has 1 aromatic rings. The van der Waals surface area contributed by atoms with Gasteiger partial charge in [0.2, 0.25) is 0 Å². The topological polar surface area (TPSA) is 32.3 Å². The molecule has 0 radical (unpaired) electrons. The summed E-state index contributed by atoms with van der Waals surface area (Å²) in [4.78, 5) is 0. The van der Waals surface area contributed by atoms with Crippen molar-refractivity contribution in [2.45, 2.75) is 52.0 Å². The average molecular weight is 275 g/mol. The monoisotopic (exact) mass is 275 g/mol. The summed E-state index contributed by atoms with van der Waals surface area (Å²) >= 11 is 0. The number of rotatable bonds is 7. The predicted molar refractivity (Wildman–Crippen MR) is 84.8 cm³/mol. The van der Waals surface area contributed by atoms with Crippen LogP contribution in [0.1, 0.15) is 56.7 Å². The number of nitrogens with one attached hydrogen (secondary N) is 1. The number of hydrogen-bond acceptors (Lipinski definition) is 2. The molecule has 0 spiro atoms. The fraction of sp³-hybridized carbons (Fsp3) is 0.667. The second kappa shape index (κ2) is 7.80. The van der Waals surface area contributed by atoms with Crippen LogP contribution in [0.5, 0.6) is 0 Å². The lowest BCUT2D eigenvalue weighted by Gasteiger charge is -2.23. The Labute approximate surface area is 123 Å². The number of hydrogen-bond donors (Lipinski definition) is 2. The molecule has 2 rings (SSSR count). The van der Waals surface area contributed by atoms with Crippen LogP contribution in [0.2, 0.25) is 0 Å². The van der Waals surface area contributed by atoms with E-state index in [0.29, 0.717) is 24.5 Å². The van der Waals surface area contributed by atoms with Crippen molar-refractivity contribution in [2.75, 3.05) is 13.2 Å². The second-order valence-electron chi connectivity index (χ2n) is 6.10. The normalized spacial score (nSPS) is 23.9. The predicted octanol–water partition coefficient (Wildman–Crippen LogP) is 3.70. The molecule has 0 aliphatic heterocycles. The minimum Gasteiger partial charge on any atom is -0.396 e. The summed E-state index contributed by atoms with van der Waals surface area (Å²) in [6.07, 6.45) is 5.96. The molecular formula is C18H29NO. The molecule has 1 saturated carbocycles. The van der Waals surface area contributed by atoms with Crippen molar-refractivity contribution in [1.82, 2.24) is 5.32 Å². The fourth-order valence-electron chi connectivity index (χ4n) is 3.40. The van der Waals surface area contributed by atoms with Crippen LogP contribution in [0.15, 0.2) is 24.3 Å². The maximum atomic E-state index is 9.41. The van der Waals surface area contributed by atoms with Crippen molar-refractivity contribution in [3.05, 3.63) is 35.4 Å². The minimum atomic E-state index is 0.355. The quantitative estimate of drug-likeness (QED) is 0.795. The zero-order chi connectivity index (χ0) is 14.4. The maximum Gasteiger partial charge on any atom is 0.0462 e. The summed E-state index contributed by atoms with van der Waals surface area (Å²) in [7, 11) is 0. The molecule has 1 aliphatic rings. The van der Waals surface area contributed by atoms with E-state index in [9.17, 15) is 5.11 Å². The van der Waals surface area contributed by atoms with Gasteiger partial charge in [-0.2, -0.15) is 0 Å². The van der Waals surface area contributed by atoms with E-state index in [1.165, 1.54) is 30.4 Å². The fourth-order valence-corrected chi connectivity index (χ4v) is 3.40. The lowest BCUT2D eigenvalue weighted by molar-refractivity contribution is 0.190. The molecule has 1 fully saturated rings. The molecule has 112 valence electrons. The molecule has 20 heavy (non-hydrogen) atoms. The molecule has 2 heteroatoms. The van der Waals surface area contributed by atoms with Gasteiger partial charge in [-0.15, -0.1) is 0 Å². The van der Waals surface area contributed by atoms with Gasteiger partial charge in [-0.1, -0.05) is 44.5 Å². The van der Waals surface area contributed by atoms with Gasteiger partial charge < -0.3 is 10.4 Å². The highest BCUT2D eigenvalue weighted by atomic mass is 16.3. The Balaban J connectivity index is 1.91. The van der Waals surface area contributed by atoms with Gasteiger partial charge in [0, 0.05) is 12.6 Å². The highest BCUT2D eigenvalue weighted by molar-refractivity contribution is 5.25. The molecule has 0 amide bonds. The molecular weight excluding hydrogens is 246 g/mol. The number of aliphatic hydroxyl groups excluding tert-OH is 1. The van der Waals surface area contributed by atoms with Gasteiger partial charge in [-0.05, 0) is 55.2 Å². The van der Waals surface area contributed by atoms with Gasteiger partial charge in [-0.3, -0.25) is 0 Å². The average Bonchev–Trinajstić information content (AvgIpc) is 2.96. The molecule has 3 atom stereocenters. The Morgan fingerprint density at radius 1 is 1.15 bits per heavy atom. The van der Waals surface area contributed by atoms with Crippen LogP contribution in [0.25, 0.3) is 0 Å². The summed E-state index contributed by atoms with van der Waals surface area (Å²) in [5.74, 6) is 1.17. The van der Waals surface area contributed by atoms with Crippen molar-refractivity contribution >= 4 is 0 Å². The summed E-state index contributed by atoms with van der Waals surface area (Å²) < 4.78 is 0. The Morgan fingerprint density at radius 3 is 2.45 bits per heavy atom. The van der Waals surface area contributed by atoms with Crippen LogP contribution in [0, 0.1) is 11.8 Å². The number of aliphatic hydroxyl groups is 1. The van der Waals surface area contributed by atoms with Gasteiger partial charge >= 0.3 is 0 Å².